The Hall–Kier alpha value is -1.75. The van der Waals surface area contributed by atoms with Gasteiger partial charge in [-0.15, -0.1) is 0 Å². The first-order chi connectivity index (χ1) is 10.8. The Bertz CT molecular complexity index is 500. The monoisotopic (exact) mass is 323 g/mol. The number of benzene rings is 1. The molecule has 0 spiro atoms. The molecule has 0 fully saturated rings. The van der Waals surface area contributed by atoms with Gasteiger partial charge in [-0.05, 0) is 36.0 Å². The zero-order valence-electron chi connectivity index (χ0n) is 14.8. The zero-order valence-corrected chi connectivity index (χ0v) is 14.8. The molecule has 1 aromatic carbocycles. The molecule has 0 heterocycles. The molecule has 0 unspecified atom stereocenters. The van der Waals surface area contributed by atoms with Crippen molar-refractivity contribution in [3.05, 3.63) is 23.8 Å². The van der Waals surface area contributed by atoms with Gasteiger partial charge in [-0.25, -0.2) is 0 Å². The summed E-state index contributed by atoms with van der Waals surface area (Å²) >= 11 is 0. The number of carboxylic acids is 1. The van der Waals surface area contributed by atoms with Crippen molar-refractivity contribution in [2.24, 2.45) is 11.8 Å². The molecule has 0 radical (unpaired) electrons. The van der Waals surface area contributed by atoms with Crippen molar-refractivity contribution in [2.75, 3.05) is 13.7 Å². The quantitative estimate of drug-likeness (QED) is 0.691. The molecule has 130 valence electrons. The van der Waals surface area contributed by atoms with Crippen molar-refractivity contribution >= 4 is 5.97 Å². The molecule has 0 saturated carbocycles. The molecular formula is C18H29NO4. The SMILES string of the molecule is COc1ccc(CN[C@H](C(=O)O)C(C)C)cc1OCCC(C)C. The van der Waals surface area contributed by atoms with E-state index < -0.39 is 12.0 Å². The highest BCUT2D eigenvalue weighted by molar-refractivity contribution is 5.73. The highest BCUT2D eigenvalue weighted by Gasteiger charge is 2.20. The summed E-state index contributed by atoms with van der Waals surface area (Å²) in [5, 5.41) is 12.3. The average Bonchev–Trinajstić information content (AvgIpc) is 2.46. The summed E-state index contributed by atoms with van der Waals surface area (Å²) in [5.74, 6) is 1.16. The number of nitrogens with one attached hydrogen (secondary N) is 1. The summed E-state index contributed by atoms with van der Waals surface area (Å²) in [4.78, 5) is 11.2. The lowest BCUT2D eigenvalue weighted by Crippen LogP contribution is -2.40. The van der Waals surface area contributed by atoms with Crippen molar-refractivity contribution in [1.82, 2.24) is 5.32 Å². The topological polar surface area (TPSA) is 67.8 Å². The Morgan fingerprint density at radius 3 is 2.43 bits per heavy atom. The van der Waals surface area contributed by atoms with E-state index in [1.165, 1.54) is 0 Å². The van der Waals surface area contributed by atoms with Crippen LogP contribution in [0.15, 0.2) is 18.2 Å². The molecule has 0 amide bonds. The Morgan fingerprint density at radius 1 is 1.22 bits per heavy atom. The Labute approximate surface area is 139 Å². The van der Waals surface area contributed by atoms with Crippen LogP contribution in [0.1, 0.15) is 39.7 Å². The highest BCUT2D eigenvalue weighted by atomic mass is 16.5. The zero-order chi connectivity index (χ0) is 17.4. The lowest BCUT2D eigenvalue weighted by molar-refractivity contribution is -0.140. The molecule has 0 aliphatic rings. The van der Waals surface area contributed by atoms with Crippen LogP contribution in [0, 0.1) is 11.8 Å². The van der Waals surface area contributed by atoms with Crippen molar-refractivity contribution < 1.29 is 19.4 Å². The summed E-state index contributed by atoms with van der Waals surface area (Å²) < 4.78 is 11.1. The number of carboxylic acid groups (broad SMARTS) is 1. The standard InChI is InChI=1S/C18H29NO4/c1-12(2)8-9-23-16-10-14(6-7-15(16)22-5)11-19-17(13(3)4)18(20)21/h6-7,10,12-13,17,19H,8-9,11H2,1-5H3,(H,20,21)/t17-/m0/s1. The van der Waals surface area contributed by atoms with Gasteiger partial charge in [0.15, 0.2) is 11.5 Å². The molecule has 1 atom stereocenters. The molecule has 2 N–H and O–H groups in total. The molecule has 0 saturated heterocycles. The number of rotatable bonds is 10. The second-order valence-electron chi connectivity index (χ2n) is 6.46. The van der Waals surface area contributed by atoms with Crippen molar-refractivity contribution in [2.45, 2.75) is 46.7 Å². The second kappa shape index (κ2) is 9.40. The third-order valence-electron chi connectivity index (χ3n) is 3.64. The van der Waals surface area contributed by atoms with Gasteiger partial charge in [0, 0.05) is 6.54 Å². The molecule has 0 aliphatic heterocycles. The fraction of sp³-hybridized carbons (Fsp3) is 0.611. The number of carbonyl (C=O) groups is 1. The van der Waals surface area contributed by atoms with Gasteiger partial charge in [0.25, 0.3) is 0 Å². The molecular weight excluding hydrogens is 294 g/mol. The first kappa shape index (κ1) is 19.3. The lowest BCUT2D eigenvalue weighted by atomic mass is 10.0. The van der Waals surface area contributed by atoms with Gasteiger partial charge in [-0.1, -0.05) is 33.8 Å². The number of hydrogen-bond acceptors (Lipinski definition) is 4. The molecule has 5 heteroatoms. The van der Waals surface area contributed by atoms with Gasteiger partial charge < -0.3 is 19.9 Å². The van der Waals surface area contributed by atoms with Gasteiger partial charge in [-0.2, -0.15) is 0 Å². The normalized spacial score (nSPS) is 12.5. The second-order valence-corrected chi connectivity index (χ2v) is 6.46. The molecule has 1 rings (SSSR count). The minimum absolute atomic E-state index is 0.0208. The van der Waals surface area contributed by atoms with Gasteiger partial charge in [0.2, 0.25) is 0 Å². The van der Waals surface area contributed by atoms with Crippen LogP contribution in [0.2, 0.25) is 0 Å². The summed E-state index contributed by atoms with van der Waals surface area (Å²) in [7, 11) is 1.61. The first-order valence-corrected chi connectivity index (χ1v) is 8.11. The van der Waals surface area contributed by atoms with Crippen molar-refractivity contribution in [1.29, 1.82) is 0 Å². The van der Waals surface area contributed by atoms with E-state index in [1.807, 2.05) is 32.0 Å². The van der Waals surface area contributed by atoms with Crippen molar-refractivity contribution in [3.63, 3.8) is 0 Å². The maximum Gasteiger partial charge on any atom is 0.320 e. The van der Waals surface area contributed by atoms with Gasteiger partial charge >= 0.3 is 5.97 Å². The van der Waals surface area contributed by atoms with E-state index in [1.54, 1.807) is 7.11 Å². The average molecular weight is 323 g/mol. The number of ether oxygens (including phenoxy) is 2. The third-order valence-corrected chi connectivity index (χ3v) is 3.64. The van der Waals surface area contributed by atoms with Crippen LogP contribution in [0.5, 0.6) is 11.5 Å². The largest absolute Gasteiger partial charge is 0.493 e. The molecule has 23 heavy (non-hydrogen) atoms. The Balaban J connectivity index is 2.74. The minimum Gasteiger partial charge on any atom is -0.493 e. The summed E-state index contributed by atoms with van der Waals surface area (Å²) in [6, 6.07) is 5.11. The predicted octanol–water partition coefficient (Wildman–Crippen LogP) is 3.32. The summed E-state index contributed by atoms with van der Waals surface area (Å²) in [6.07, 6.45) is 0.972. The van der Waals surface area contributed by atoms with E-state index in [2.05, 4.69) is 19.2 Å². The smallest absolute Gasteiger partial charge is 0.320 e. The van der Waals surface area contributed by atoms with Gasteiger partial charge in [0.05, 0.1) is 13.7 Å². The van der Waals surface area contributed by atoms with Crippen LogP contribution in [-0.2, 0) is 11.3 Å². The van der Waals surface area contributed by atoms with E-state index >= 15 is 0 Å². The molecule has 0 bridgehead atoms. The van der Waals surface area contributed by atoms with Crippen LogP contribution >= 0.6 is 0 Å². The van der Waals surface area contributed by atoms with E-state index in [0.29, 0.717) is 30.6 Å². The molecule has 1 aromatic rings. The minimum atomic E-state index is -0.832. The van der Waals surface area contributed by atoms with Crippen LogP contribution in [0.3, 0.4) is 0 Å². The first-order valence-electron chi connectivity index (χ1n) is 8.11. The highest BCUT2D eigenvalue weighted by Crippen LogP contribution is 2.28. The van der Waals surface area contributed by atoms with E-state index in [0.717, 1.165) is 12.0 Å². The number of hydrogen-bond donors (Lipinski definition) is 2. The third kappa shape index (κ3) is 6.48. The number of aliphatic carboxylic acids is 1. The molecule has 0 aliphatic carbocycles. The lowest BCUT2D eigenvalue weighted by Gasteiger charge is -2.18. The van der Waals surface area contributed by atoms with Crippen LogP contribution < -0.4 is 14.8 Å². The molecule has 0 aromatic heterocycles. The Kier molecular flexibility index (Phi) is 7.89. The fourth-order valence-electron chi connectivity index (χ4n) is 2.18. The van der Waals surface area contributed by atoms with Crippen LogP contribution in [0.25, 0.3) is 0 Å². The van der Waals surface area contributed by atoms with Crippen molar-refractivity contribution in [3.8, 4) is 11.5 Å². The predicted molar refractivity (Wildman–Crippen MR) is 91.0 cm³/mol. The fourth-order valence-corrected chi connectivity index (χ4v) is 2.18. The van der Waals surface area contributed by atoms with E-state index in [9.17, 15) is 9.90 Å². The maximum absolute atomic E-state index is 11.2. The van der Waals surface area contributed by atoms with Gasteiger partial charge in [-0.3, -0.25) is 4.79 Å². The van der Waals surface area contributed by atoms with Gasteiger partial charge in [0.1, 0.15) is 6.04 Å². The van der Waals surface area contributed by atoms with E-state index in [-0.39, 0.29) is 5.92 Å². The molecule has 5 nitrogen and oxygen atoms in total. The van der Waals surface area contributed by atoms with Crippen LogP contribution in [0.4, 0.5) is 0 Å². The van der Waals surface area contributed by atoms with Crippen LogP contribution in [-0.4, -0.2) is 30.8 Å². The maximum atomic E-state index is 11.2. The summed E-state index contributed by atoms with van der Waals surface area (Å²) in [6.45, 7) is 9.19. The van der Waals surface area contributed by atoms with E-state index in [4.69, 9.17) is 9.47 Å². The Morgan fingerprint density at radius 2 is 1.91 bits per heavy atom. The number of methoxy groups -OCH3 is 1. The summed E-state index contributed by atoms with van der Waals surface area (Å²) in [5.41, 5.74) is 0.970.